The normalized spacial score (nSPS) is 15.8. The van der Waals surface area contributed by atoms with E-state index in [0.29, 0.717) is 11.5 Å². The number of hydrogen-bond donors (Lipinski definition) is 2. The van der Waals surface area contributed by atoms with E-state index in [2.05, 4.69) is 4.98 Å². The number of aliphatic hydroxyl groups is 1. The number of aromatic amines is 1. The molecule has 2 N–H and O–H groups in total. The molecule has 1 aromatic carbocycles. The van der Waals surface area contributed by atoms with Gasteiger partial charge in [0.1, 0.15) is 5.56 Å². The number of carbonyl (C=O) groups excluding carboxylic acids is 1. The highest BCUT2D eigenvalue weighted by atomic mass is 16.3. The maximum absolute atomic E-state index is 12.6. The number of nitrogens with one attached hydrogen (secondary N) is 1. The number of aromatic nitrogens is 1. The first kappa shape index (κ1) is 14.8. The number of carbonyl (C=O) groups is 1. The second kappa shape index (κ2) is 5.57. The van der Waals surface area contributed by atoms with Crippen LogP contribution in [0, 0.1) is 12.8 Å². The zero-order valence-corrected chi connectivity index (χ0v) is 12.8. The number of nitrogens with zero attached hydrogens (tertiary/aromatic N) is 1. The van der Waals surface area contributed by atoms with Crippen LogP contribution in [0.3, 0.4) is 0 Å². The Morgan fingerprint density at radius 3 is 2.77 bits per heavy atom. The lowest BCUT2D eigenvalue weighted by Gasteiger charge is -2.21. The second-order valence-corrected chi connectivity index (χ2v) is 6.09. The van der Waals surface area contributed by atoms with Crippen LogP contribution in [0.4, 0.5) is 0 Å². The van der Waals surface area contributed by atoms with Gasteiger partial charge in [0, 0.05) is 24.5 Å². The lowest BCUT2D eigenvalue weighted by molar-refractivity contribution is 0.0643. The molecule has 3 rings (SSSR count). The molecule has 0 aliphatic heterocycles. The number of para-hydroxylation sites is 1. The topological polar surface area (TPSA) is 73.4 Å². The number of benzene rings is 1. The Kier molecular flexibility index (Phi) is 3.74. The lowest BCUT2D eigenvalue weighted by atomic mass is 10.0. The molecule has 5 heteroatoms. The van der Waals surface area contributed by atoms with Crippen LogP contribution >= 0.6 is 0 Å². The van der Waals surface area contributed by atoms with Gasteiger partial charge >= 0.3 is 0 Å². The molecule has 0 bridgehead atoms. The van der Waals surface area contributed by atoms with E-state index in [9.17, 15) is 14.7 Å². The fraction of sp³-hybridized carbons (Fsp3) is 0.412. The predicted octanol–water partition coefficient (Wildman–Crippen LogP) is 1.68. The molecule has 22 heavy (non-hydrogen) atoms. The lowest BCUT2D eigenvalue weighted by Crippen LogP contribution is -2.38. The van der Waals surface area contributed by atoms with Gasteiger partial charge in [-0.25, -0.2) is 0 Å². The largest absolute Gasteiger partial charge is 0.391 e. The third kappa shape index (κ3) is 2.64. The zero-order chi connectivity index (χ0) is 15.9. The van der Waals surface area contributed by atoms with Gasteiger partial charge in [0.15, 0.2) is 0 Å². The molecule has 1 aliphatic rings. The first-order valence-electron chi connectivity index (χ1n) is 7.54. The number of fused-ring (bicyclic) bond motifs is 1. The minimum Gasteiger partial charge on any atom is -0.391 e. The highest BCUT2D eigenvalue weighted by Crippen LogP contribution is 2.32. The highest BCUT2D eigenvalue weighted by molar-refractivity contribution is 5.99. The minimum atomic E-state index is -0.506. The molecule has 1 saturated carbocycles. The maximum atomic E-state index is 12.6. The van der Waals surface area contributed by atoms with Crippen LogP contribution in [0.25, 0.3) is 10.9 Å². The Balaban J connectivity index is 1.94. The average Bonchev–Trinajstić information content (AvgIpc) is 3.31. The van der Waals surface area contributed by atoms with E-state index in [4.69, 9.17) is 0 Å². The van der Waals surface area contributed by atoms with E-state index in [1.165, 1.54) is 4.90 Å². The Labute approximate surface area is 128 Å². The highest BCUT2D eigenvalue weighted by Gasteiger charge is 2.32. The van der Waals surface area contributed by atoms with Gasteiger partial charge in [-0.2, -0.15) is 0 Å². The van der Waals surface area contributed by atoms with Crippen molar-refractivity contribution in [1.29, 1.82) is 0 Å². The summed E-state index contributed by atoms with van der Waals surface area (Å²) < 4.78 is 0. The molecule has 1 aromatic heterocycles. The number of aliphatic hydroxyl groups excluding tert-OH is 1. The van der Waals surface area contributed by atoms with Gasteiger partial charge < -0.3 is 15.0 Å². The number of pyridine rings is 1. The third-order valence-electron chi connectivity index (χ3n) is 4.37. The van der Waals surface area contributed by atoms with Crippen molar-refractivity contribution in [2.75, 3.05) is 13.6 Å². The smallest absolute Gasteiger partial charge is 0.261 e. The van der Waals surface area contributed by atoms with Gasteiger partial charge in [0.2, 0.25) is 0 Å². The Morgan fingerprint density at radius 2 is 2.09 bits per heavy atom. The molecule has 1 atom stereocenters. The monoisotopic (exact) mass is 300 g/mol. The molecule has 1 heterocycles. The molecular formula is C17H20N2O3. The third-order valence-corrected chi connectivity index (χ3v) is 4.37. The second-order valence-electron chi connectivity index (χ2n) is 6.09. The first-order valence-corrected chi connectivity index (χ1v) is 7.54. The van der Waals surface area contributed by atoms with Crippen molar-refractivity contribution < 1.29 is 9.90 Å². The Morgan fingerprint density at radius 1 is 1.41 bits per heavy atom. The summed E-state index contributed by atoms with van der Waals surface area (Å²) in [7, 11) is 1.63. The van der Waals surface area contributed by atoms with Crippen LogP contribution in [0.2, 0.25) is 0 Å². The van der Waals surface area contributed by atoms with Crippen molar-refractivity contribution in [3.8, 4) is 0 Å². The summed E-state index contributed by atoms with van der Waals surface area (Å²) >= 11 is 0. The van der Waals surface area contributed by atoms with E-state index in [-0.39, 0.29) is 23.6 Å². The SMILES string of the molecule is Cc1c(C(=O)N(C)CC(O)C2CC2)c(=O)[nH]c2ccccc12. The van der Waals surface area contributed by atoms with Crippen molar-refractivity contribution in [1.82, 2.24) is 9.88 Å². The summed E-state index contributed by atoms with van der Waals surface area (Å²) in [6.45, 7) is 2.05. The van der Waals surface area contributed by atoms with E-state index in [1.54, 1.807) is 14.0 Å². The van der Waals surface area contributed by atoms with Crippen LogP contribution in [0.5, 0.6) is 0 Å². The van der Waals surface area contributed by atoms with E-state index in [0.717, 1.165) is 23.7 Å². The molecule has 0 spiro atoms. The number of amides is 1. The maximum Gasteiger partial charge on any atom is 0.261 e. The molecule has 1 fully saturated rings. The van der Waals surface area contributed by atoms with Crippen molar-refractivity contribution in [3.05, 3.63) is 45.7 Å². The van der Waals surface area contributed by atoms with Crippen molar-refractivity contribution >= 4 is 16.8 Å². The molecule has 0 saturated heterocycles. The quantitative estimate of drug-likeness (QED) is 0.902. The summed E-state index contributed by atoms with van der Waals surface area (Å²) in [5.74, 6) is -0.0459. The van der Waals surface area contributed by atoms with Gasteiger partial charge in [0.25, 0.3) is 11.5 Å². The van der Waals surface area contributed by atoms with Crippen LogP contribution < -0.4 is 5.56 Å². The molecule has 5 nitrogen and oxygen atoms in total. The van der Waals surface area contributed by atoms with Gasteiger partial charge in [-0.05, 0) is 37.3 Å². The minimum absolute atomic E-state index is 0.157. The number of aryl methyl sites for hydroxylation is 1. The van der Waals surface area contributed by atoms with Crippen molar-refractivity contribution in [2.45, 2.75) is 25.9 Å². The molecule has 1 amide bonds. The van der Waals surface area contributed by atoms with Gasteiger partial charge in [-0.15, -0.1) is 0 Å². The summed E-state index contributed by atoms with van der Waals surface area (Å²) in [4.78, 5) is 29.1. The number of hydrogen-bond acceptors (Lipinski definition) is 3. The van der Waals surface area contributed by atoms with Crippen molar-refractivity contribution in [3.63, 3.8) is 0 Å². The van der Waals surface area contributed by atoms with Crippen molar-refractivity contribution in [2.24, 2.45) is 5.92 Å². The Hall–Kier alpha value is -2.14. The molecule has 0 radical (unpaired) electrons. The molecule has 2 aromatic rings. The van der Waals surface area contributed by atoms with E-state index < -0.39 is 6.10 Å². The van der Waals surface area contributed by atoms with Crippen LogP contribution in [-0.2, 0) is 0 Å². The Bertz CT molecular complexity index is 777. The summed E-state index contributed by atoms with van der Waals surface area (Å²) in [5, 5.41) is 10.8. The summed E-state index contributed by atoms with van der Waals surface area (Å²) in [6.07, 6.45) is 1.52. The van der Waals surface area contributed by atoms with E-state index in [1.807, 2.05) is 24.3 Å². The molecule has 1 unspecified atom stereocenters. The fourth-order valence-corrected chi connectivity index (χ4v) is 2.85. The zero-order valence-electron chi connectivity index (χ0n) is 12.8. The fourth-order valence-electron chi connectivity index (χ4n) is 2.85. The van der Waals surface area contributed by atoms with Crippen LogP contribution in [0.1, 0.15) is 28.8 Å². The molecule has 116 valence electrons. The standard InChI is InChI=1S/C17H20N2O3/c1-10-12-5-3-4-6-13(12)18-16(21)15(10)17(22)19(2)9-14(20)11-7-8-11/h3-6,11,14,20H,7-9H2,1-2H3,(H,18,21). The molecule has 1 aliphatic carbocycles. The first-order chi connectivity index (χ1) is 10.5. The van der Waals surface area contributed by atoms with Crippen LogP contribution in [0.15, 0.2) is 29.1 Å². The molecular weight excluding hydrogens is 280 g/mol. The predicted molar refractivity (Wildman–Crippen MR) is 85.0 cm³/mol. The number of H-pyrrole nitrogens is 1. The van der Waals surface area contributed by atoms with Gasteiger partial charge in [-0.3, -0.25) is 9.59 Å². The summed E-state index contributed by atoms with van der Waals surface area (Å²) in [6, 6.07) is 7.43. The number of likely N-dealkylation sites (N-methyl/N-ethyl adjacent to an activating group) is 1. The average molecular weight is 300 g/mol. The number of rotatable bonds is 4. The van der Waals surface area contributed by atoms with Gasteiger partial charge in [-0.1, -0.05) is 18.2 Å². The van der Waals surface area contributed by atoms with Crippen LogP contribution in [-0.4, -0.2) is 40.6 Å². The van der Waals surface area contributed by atoms with E-state index >= 15 is 0 Å². The van der Waals surface area contributed by atoms with Gasteiger partial charge in [0.05, 0.1) is 6.10 Å². The summed E-state index contributed by atoms with van der Waals surface area (Å²) in [5.41, 5.74) is 1.18.